The molecule has 0 unspecified atom stereocenters. The van der Waals surface area contributed by atoms with Gasteiger partial charge in [-0.05, 0) is 122 Å². The van der Waals surface area contributed by atoms with Crippen molar-refractivity contribution in [1.29, 1.82) is 0 Å². The van der Waals surface area contributed by atoms with Gasteiger partial charge in [-0.3, -0.25) is 0 Å². The van der Waals surface area contributed by atoms with Gasteiger partial charge in [0.25, 0.3) is 0 Å². The fourth-order valence-electron chi connectivity index (χ4n) is 9.38. The molecule has 0 bridgehead atoms. The van der Waals surface area contributed by atoms with Crippen LogP contribution in [0.2, 0.25) is 0 Å². The third kappa shape index (κ3) is 10.7. The second kappa shape index (κ2) is 20.8. The van der Waals surface area contributed by atoms with Gasteiger partial charge in [0.05, 0.1) is 0 Å². The van der Waals surface area contributed by atoms with Gasteiger partial charge in [0, 0.05) is 5.41 Å². The van der Waals surface area contributed by atoms with Gasteiger partial charge in [-0.25, -0.2) is 0 Å². The van der Waals surface area contributed by atoms with Crippen molar-refractivity contribution in [3.8, 4) is 55.6 Å². The molecule has 0 radical (unpaired) electrons. The highest BCUT2D eigenvalue weighted by Crippen LogP contribution is 2.48. The summed E-state index contributed by atoms with van der Waals surface area (Å²) in [4.78, 5) is 0. The van der Waals surface area contributed by atoms with Crippen LogP contribution in [-0.4, -0.2) is 0 Å². The predicted molar refractivity (Wildman–Crippen MR) is 299 cm³/mol. The molecule has 0 aromatic heterocycles. The first-order valence-corrected chi connectivity index (χ1v) is 24.1. The summed E-state index contributed by atoms with van der Waals surface area (Å²) < 4.78 is 0. The van der Waals surface area contributed by atoms with E-state index in [-0.39, 0.29) is 5.41 Å². The van der Waals surface area contributed by atoms with Crippen molar-refractivity contribution in [3.05, 3.63) is 288 Å². The van der Waals surface area contributed by atoms with Crippen molar-refractivity contribution in [2.24, 2.45) is 0 Å². The molecule has 0 saturated heterocycles. The molecule has 0 saturated carbocycles. The highest BCUT2D eigenvalue weighted by molar-refractivity contribution is 5.96. The van der Waals surface area contributed by atoms with E-state index in [1.54, 1.807) is 0 Å². The maximum atomic E-state index is 2.33. The molecule has 11 aromatic rings. The zero-order valence-electron chi connectivity index (χ0n) is 40.7. The number of hydrogen-bond acceptors (Lipinski definition) is 0. The van der Waals surface area contributed by atoms with Crippen molar-refractivity contribution in [3.63, 3.8) is 0 Å². The van der Waals surface area contributed by atoms with E-state index in [0.717, 1.165) is 0 Å². The fraction of sp³-hybridized carbons (Fsp3) is 0.101. The van der Waals surface area contributed by atoms with Crippen molar-refractivity contribution < 1.29 is 0 Å². The largest absolute Gasteiger partial charge is 0.0622 e. The summed E-state index contributed by atoms with van der Waals surface area (Å²) >= 11 is 0. The number of benzene rings is 11. The van der Waals surface area contributed by atoms with E-state index in [9.17, 15) is 0 Å². The Hall–Kier alpha value is -8.06. The lowest BCUT2D eigenvalue weighted by molar-refractivity contribution is 0.660. The first-order valence-electron chi connectivity index (χ1n) is 24.1. The fourth-order valence-corrected chi connectivity index (χ4v) is 9.38. The van der Waals surface area contributed by atoms with Gasteiger partial charge in [0.2, 0.25) is 0 Å². The summed E-state index contributed by atoms with van der Waals surface area (Å²) in [7, 11) is 0. The lowest BCUT2D eigenvalue weighted by Crippen LogP contribution is -2.14. The summed E-state index contributed by atoms with van der Waals surface area (Å²) in [5.41, 5.74) is 21.3. The van der Waals surface area contributed by atoms with E-state index >= 15 is 0 Å². The van der Waals surface area contributed by atoms with Crippen LogP contribution in [0.25, 0.3) is 77.2 Å². The molecule has 69 heavy (non-hydrogen) atoms. The minimum Gasteiger partial charge on any atom is -0.0622 e. The Morgan fingerprint density at radius 2 is 0.638 bits per heavy atom. The molecule has 0 atom stereocenters. The maximum absolute atomic E-state index is 2.33. The van der Waals surface area contributed by atoms with Gasteiger partial charge < -0.3 is 0 Å². The summed E-state index contributed by atoms with van der Waals surface area (Å²) in [5, 5.41) is 5.21. The van der Waals surface area contributed by atoms with Gasteiger partial charge in [0.1, 0.15) is 0 Å². The van der Waals surface area contributed by atoms with Crippen molar-refractivity contribution in [2.75, 3.05) is 0 Å². The molecular formula is C69H60. The third-order valence-electron chi connectivity index (χ3n) is 13.4. The van der Waals surface area contributed by atoms with Crippen LogP contribution in [0.5, 0.6) is 0 Å². The lowest BCUT2D eigenvalue weighted by Gasteiger charge is -2.21. The van der Waals surface area contributed by atoms with Crippen molar-refractivity contribution in [2.45, 2.75) is 47.0 Å². The van der Waals surface area contributed by atoms with E-state index in [1.165, 1.54) is 111 Å². The molecule has 0 aliphatic heterocycles. The SMILES string of the molecule is Cc1ccc(-c2ccc(-c3ccccc3)cc2)cc1.Cc1ccc(-c2ccc3ccccc3c2)cc1.Cc1ccc(-c2cccc3ccccc23)cc1.Cc1ccc2c(c1)C(C)(C)c1ccccc1-2. The van der Waals surface area contributed by atoms with Crippen LogP contribution in [0.1, 0.15) is 47.2 Å². The number of hydrogen-bond donors (Lipinski definition) is 0. The second-order valence-electron chi connectivity index (χ2n) is 18.8. The summed E-state index contributed by atoms with van der Waals surface area (Å²) in [6.07, 6.45) is 0. The van der Waals surface area contributed by atoms with E-state index in [1.807, 2.05) is 6.07 Å². The van der Waals surface area contributed by atoms with Crippen LogP contribution in [-0.2, 0) is 5.41 Å². The highest BCUT2D eigenvalue weighted by atomic mass is 14.4. The molecule has 0 nitrogen and oxygen atoms in total. The van der Waals surface area contributed by atoms with Gasteiger partial charge in [-0.15, -0.1) is 0 Å². The van der Waals surface area contributed by atoms with Crippen LogP contribution in [0.4, 0.5) is 0 Å². The molecule has 0 amide bonds. The minimum atomic E-state index is 0.151. The molecule has 0 heterocycles. The average molecular weight is 889 g/mol. The standard InChI is InChI=1S/C19H16.2C17H14.C16H16/c1-15-7-9-17(10-8-15)19-13-11-18(12-14-19)16-5-3-2-4-6-16;1-13-9-11-15(12-10-13)17-8-4-6-14-5-2-3-7-16(14)17;1-13-6-8-15(9-7-13)17-11-10-14-4-2-3-5-16(14)12-17;1-11-8-9-13-12-6-4-5-7-14(12)16(2,3)15(13)10-11/h2-14H,1H3;2*2-12H,1H3;4-10H,1-3H3. The molecular weight excluding hydrogens is 829 g/mol. The normalized spacial score (nSPS) is 11.7. The minimum absolute atomic E-state index is 0.151. The highest BCUT2D eigenvalue weighted by Gasteiger charge is 2.34. The number of fused-ring (bicyclic) bond motifs is 5. The number of aryl methyl sites for hydroxylation is 4. The first-order chi connectivity index (χ1) is 33.6. The lowest BCUT2D eigenvalue weighted by atomic mass is 9.82. The van der Waals surface area contributed by atoms with Crippen LogP contribution in [0.15, 0.2) is 255 Å². The molecule has 12 rings (SSSR count). The molecule has 0 fully saturated rings. The molecule has 1 aliphatic carbocycles. The summed E-state index contributed by atoms with van der Waals surface area (Å²) in [6, 6.07) is 90.9. The monoisotopic (exact) mass is 888 g/mol. The Labute approximate surface area is 410 Å². The molecule has 0 heteroatoms. The van der Waals surface area contributed by atoms with Crippen molar-refractivity contribution >= 4 is 21.5 Å². The zero-order valence-corrected chi connectivity index (χ0v) is 40.7. The Bertz CT molecular complexity index is 3430. The summed E-state index contributed by atoms with van der Waals surface area (Å²) in [6.45, 7) is 13.1. The van der Waals surface area contributed by atoms with E-state index < -0.39 is 0 Å². The van der Waals surface area contributed by atoms with E-state index in [2.05, 4.69) is 290 Å². The molecule has 11 aromatic carbocycles. The van der Waals surface area contributed by atoms with Gasteiger partial charge in [-0.2, -0.15) is 0 Å². The maximum Gasteiger partial charge on any atom is 0.0158 e. The van der Waals surface area contributed by atoms with Gasteiger partial charge >= 0.3 is 0 Å². The molecule has 336 valence electrons. The quantitative estimate of drug-likeness (QED) is 0.165. The zero-order chi connectivity index (χ0) is 47.7. The third-order valence-corrected chi connectivity index (χ3v) is 13.4. The van der Waals surface area contributed by atoms with Crippen molar-refractivity contribution in [1.82, 2.24) is 0 Å². The van der Waals surface area contributed by atoms with Gasteiger partial charge in [0.15, 0.2) is 0 Å². The summed E-state index contributed by atoms with van der Waals surface area (Å²) in [5.74, 6) is 0. The molecule has 0 N–H and O–H groups in total. The van der Waals surface area contributed by atoms with Gasteiger partial charge in [-0.1, -0.05) is 285 Å². The van der Waals surface area contributed by atoms with Crippen LogP contribution in [0.3, 0.4) is 0 Å². The first kappa shape index (κ1) is 46.1. The Balaban J connectivity index is 0.000000115. The predicted octanol–water partition coefficient (Wildman–Crippen LogP) is 19.3. The van der Waals surface area contributed by atoms with E-state index in [0.29, 0.717) is 0 Å². The average Bonchev–Trinajstić information content (AvgIpc) is 3.62. The van der Waals surface area contributed by atoms with E-state index in [4.69, 9.17) is 0 Å². The Morgan fingerprint density at radius 3 is 1.26 bits per heavy atom. The smallest absolute Gasteiger partial charge is 0.0158 e. The molecule has 1 aliphatic rings. The Morgan fingerprint density at radius 1 is 0.232 bits per heavy atom. The Kier molecular flexibility index (Phi) is 13.9. The second-order valence-corrected chi connectivity index (χ2v) is 18.8. The van der Waals surface area contributed by atoms with Crippen LogP contribution in [0, 0.1) is 27.7 Å². The topological polar surface area (TPSA) is 0 Å². The van der Waals surface area contributed by atoms with Crippen LogP contribution < -0.4 is 0 Å². The molecule has 0 spiro atoms. The van der Waals surface area contributed by atoms with Crippen LogP contribution >= 0.6 is 0 Å². The number of rotatable bonds is 4.